The maximum Gasteiger partial charge on any atom is 0.0791 e. The van der Waals surface area contributed by atoms with E-state index in [0.29, 0.717) is 6.54 Å². The molecule has 0 spiro atoms. The van der Waals surface area contributed by atoms with Gasteiger partial charge in [0.2, 0.25) is 0 Å². The lowest BCUT2D eigenvalue weighted by molar-refractivity contribution is 0.121. The predicted octanol–water partition coefficient (Wildman–Crippen LogP) is -0.196. The Labute approximate surface area is 92.3 Å². The first-order valence-electron chi connectivity index (χ1n) is 5.97. The molecule has 15 heavy (non-hydrogen) atoms. The van der Waals surface area contributed by atoms with Crippen LogP contribution in [0.4, 0.5) is 0 Å². The maximum atomic E-state index is 9.71. The second-order valence-corrected chi connectivity index (χ2v) is 4.50. The second kappa shape index (κ2) is 7.17. The van der Waals surface area contributed by atoms with Gasteiger partial charge in [-0.15, -0.1) is 0 Å². The molecule has 1 aliphatic rings. The number of aliphatic hydroxyl groups is 2. The van der Waals surface area contributed by atoms with Crippen LogP contribution in [0.15, 0.2) is 0 Å². The minimum Gasteiger partial charge on any atom is -0.393 e. The molecule has 0 saturated carbocycles. The summed E-state index contributed by atoms with van der Waals surface area (Å²) < 4.78 is 0. The van der Waals surface area contributed by atoms with Gasteiger partial charge in [-0.2, -0.15) is 0 Å². The Morgan fingerprint density at radius 1 is 1.27 bits per heavy atom. The van der Waals surface area contributed by atoms with Gasteiger partial charge in [0.1, 0.15) is 0 Å². The van der Waals surface area contributed by atoms with Gasteiger partial charge in [-0.25, -0.2) is 0 Å². The van der Waals surface area contributed by atoms with Gasteiger partial charge in [-0.05, 0) is 45.8 Å². The average Bonchev–Trinajstić information content (AvgIpc) is 2.64. The van der Waals surface area contributed by atoms with Gasteiger partial charge in [0.15, 0.2) is 0 Å². The molecule has 0 bridgehead atoms. The summed E-state index contributed by atoms with van der Waals surface area (Å²) in [5.41, 5.74) is 0. The Balaban J connectivity index is 1.95. The molecule has 2 unspecified atom stereocenters. The van der Waals surface area contributed by atoms with E-state index in [0.717, 1.165) is 32.6 Å². The highest BCUT2D eigenvalue weighted by atomic mass is 16.3. The summed E-state index contributed by atoms with van der Waals surface area (Å²) in [5.74, 6) is 0. The largest absolute Gasteiger partial charge is 0.393 e. The fraction of sp³-hybridized carbons (Fsp3) is 1.00. The molecule has 0 radical (unpaired) electrons. The van der Waals surface area contributed by atoms with E-state index in [2.05, 4.69) is 10.2 Å². The van der Waals surface area contributed by atoms with Crippen LogP contribution in [-0.2, 0) is 0 Å². The van der Waals surface area contributed by atoms with Crippen molar-refractivity contribution in [1.82, 2.24) is 10.2 Å². The van der Waals surface area contributed by atoms with Gasteiger partial charge in [0, 0.05) is 13.1 Å². The lowest BCUT2D eigenvalue weighted by Gasteiger charge is -2.19. The van der Waals surface area contributed by atoms with Crippen molar-refractivity contribution in [1.29, 1.82) is 0 Å². The number of hydrogen-bond acceptors (Lipinski definition) is 4. The summed E-state index contributed by atoms with van der Waals surface area (Å²) in [5, 5.41) is 21.9. The van der Waals surface area contributed by atoms with Crippen LogP contribution in [0.25, 0.3) is 0 Å². The Kier molecular flexibility index (Phi) is 6.17. The first kappa shape index (κ1) is 12.9. The molecule has 1 rings (SSSR count). The van der Waals surface area contributed by atoms with Crippen LogP contribution in [0.1, 0.15) is 26.2 Å². The molecule has 0 aliphatic carbocycles. The first-order chi connectivity index (χ1) is 7.18. The number of nitrogens with zero attached hydrogens (tertiary/aromatic N) is 1. The Morgan fingerprint density at radius 2 is 1.93 bits per heavy atom. The van der Waals surface area contributed by atoms with Crippen molar-refractivity contribution in [3.05, 3.63) is 0 Å². The summed E-state index contributed by atoms with van der Waals surface area (Å²) >= 11 is 0. The van der Waals surface area contributed by atoms with Gasteiger partial charge in [0.05, 0.1) is 12.2 Å². The summed E-state index contributed by atoms with van der Waals surface area (Å²) in [4.78, 5) is 2.31. The summed E-state index contributed by atoms with van der Waals surface area (Å²) in [6, 6.07) is 0. The molecule has 4 heteroatoms. The van der Waals surface area contributed by atoms with Crippen LogP contribution in [0.5, 0.6) is 0 Å². The van der Waals surface area contributed by atoms with Gasteiger partial charge < -0.3 is 20.4 Å². The van der Waals surface area contributed by atoms with Crippen LogP contribution in [0, 0.1) is 0 Å². The highest BCUT2D eigenvalue weighted by molar-refractivity contribution is 4.71. The van der Waals surface area contributed by atoms with Crippen molar-refractivity contribution in [2.24, 2.45) is 0 Å². The summed E-state index contributed by atoms with van der Waals surface area (Å²) in [6.45, 7) is 6.22. The number of hydrogen-bond donors (Lipinski definition) is 3. The maximum absolute atomic E-state index is 9.71. The molecule has 1 saturated heterocycles. The fourth-order valence-corrected chi connectivity index (χ4v) is 1.91. The third-order valence-corrected chi connectivity index (χ3v) is 2.79. The minimum absolute atomic E-state index is 0.256. The lowest BCUT2D eigenvalue weighted by Crippen LogP contribution is -2.37. The lowest BCUT2D eigenvalue weighted by atomic mass is 10.2. The van der Waals surface area contributed by atoms with E-state index in [-0.39, 0.29) is 12.2 Å². The highest BCUT2D eigenvalue weighted by Crippen LogP contribution is 2.07. The monoisotopic (exact) mass is 216 g/mol. The number of nitrogens with one attached hydrogen (secondary N) is 1. The van der Waals surface area contributed by atoms with E-state index in [9.17, 15) is 5.11 Å². The van der Waals surface area contributed by atoms with E-state index < -0.39 is 0 Å². The Hall–Kier alpha value is -0.160. The molecule has 2 atom stereocenters. The van der Waals surface area contributed by atoms with Crippen molar-refractivity contribution >= 4 is 0 Å². The smallest absolute Gasteiger partial charge is 0.0791 e. The highest BCUT2D eigenvalue weighted by Gasteiger charge is 2.15. The molecule has 1 fully saturated rings. The van der Waals surface area contributed by atoms with Gasteiger partial charge in [-0.1, -0.05) is 0 Å². The standard InChI is InChI=1S/C11H24N2O2/c1-10(14)4-5-12-8-11(15)9-13-6-2-3-7-13/h10-12,14-15H,2-9H2,1H3. The number of aliphatic hydroxyl groups excluding tert-OH is 2. The van der Waals surface area contributed by atoms with Crippen LogP contribution < -0.4 is 5.32 Å². The van der Waals surface area contributed by atoms with Gasteiger partial charge in [0.25, 0.3) is 0 Å². The van der Waals surface area contributed by atoms with E-state index >= 15 is 0 Å². The zero-order chi connectivity index (χ0) is 11.1. The summed E-state index contributed by atoms with van der Waals surface area (Å²) in [7, 11) is 0. The third kappa shape index (κ3) is 6.10. The number of rotatable bonds is 7. The second-order valence-electron chi connectivity index (χ2n) is 4.50. The molecular weight excluding hydrogens is 192 g/mol. The van der Waals surface area contributed by atoms with E-state index in [1.54, 1.807) is 6.92 Å². The van der Waals surface area contributed by atoms with Gasteiger partial charge >= 0.3 is 0 Å². The number of β-amino-alcohol motifs (C(OH)–C–C–N with tert-alkyl or cyclic N) is 1. The van der Waals surface area contributed by atoms with Crippen LogP contribution in [-0.4, -0.2) is 60.0 Å². The fourth-order valence-electron chi connectivity index (χ4n) is 1.91. The predicted molar refractivity (Wildman–Crippen MR) is 60.8 cm³/mol. The third-order valence-electron chi connectivity index (χ3n) is 2.79. The zero-order valence-corrected chi connectivity index (χ0v) is 9.65. The normalized spacial score (nSPS) is 21.8. The molecule has 0 amide bonds. The molecule has 0 aromatic heterocycles. The Morgan fingerprint density at radius 3 is 2.53 bits per heavy atom. The molecule has 0 aromatic rings. The zero-order valence-electron chi connectivity index (χ0n) is 9.65. The molecule has 90 valence electrons. The molecule has 1 heterocycles. The molecule has 1 aliphatic heterocycles. The molecule has 3 N–H and O–H groups in total. The van der Waals surface area contributed by atoms with Crippen molar-refractivity contribution in [3.8, 4) is 0 Å². The average molecular weight is 216 g/mol. The van der Waals surface area contributed by atoms with Crippen LogP contribution >= 0.6 is 0 Å². The molecular formula is C11H24N2O2. The SMILES string of the molecule is CC(O)CCNCC(O)CN1CCCC1. The topological polar surface area (TPSA) is 55.7 Å². The van der Waals surface area contributed by atoms with Gasteiger partial charge in [-0.3, -0.25) is 0 Å². The first-order valence-corrected chi connectivity index (χ1v) is 5.97. The van der Waals surface area contributed by atoms with E-state index in [1.165, 1.54) is 12.8 Å². The Bertz CT molecular complexity index is 159. The van der Waals surface area contributed by atoms with E-state index in [1.807, 2.05) is 0 Å². The molecule has 0 aromatic carbocycles. The van der Waals surface area contributed by atoms with E-state index in [4.69, 9.17) is 5.11 Å². The van der Waals surface area contributed by atoms with Crippen LogP contribution in [0.3, 0.4) is 0 Å². The van der Waals surface area contributed by atoms with Crippen molar-refractivity contribution in [2.45, 2.75) is 38.4 Å². The quantitative estimate of drug-likeness (QED) is 0.516. The van der Waals surface area contributed by atoms with Crippen LogP contribution in [0.2, 0.25) is 0 Å². The van der Waals surface area contributed by atoms with Crippen molar-refractivity contribution in [3.63, 3.8) is 0 Å². The van der Waals surface area contributed by atoms with Crippen molar-refractivity contribution in [2.75, 3.05) is 32.7 Å². The minimum atomic E-state index is -0.280. The summed E-state index contributed by atoms with van der Waals surface area (Å²) in [6.07, 6.45) is 2.74. The van der Waals surface area contributed by atoms with Crippen molar-refractivity contribution < 1.29 is 10.2 Å². The number of likely N-dealkylation sites (tertiary alicyclic amines) is 1. The molecule has 4 nitrogen and oxygen atoms in total.